The van der Waals surface area contributed by atoms with E-state index >= 15 is 0 Å². The number of carbonyl (C=O) groups excluding carboxylic acids is 1. The molecule has 3 atom stereocenters. The van der Waals surface area contributed by atoms with E-state index in [1.807, 2.05) is 68.4 Å². The number of nitrogens with one attached hydrogen (secondary N) is 1. The van der Waals surface area contributed by atoms with E-state index in [1.54, 1.807) is 32.2 Å². The average molecular weight is 538 g/mol. The van der Waals surface area contributed by atoms with Crippen LogP contribution in [-0.2, 0) is 10.0 Å². The molecule has 0 saturated carbocycles. The number of likely N-dealkylation sites (N-methyl/N-ethyl adjacent to an activating group) is 1. The fourth-order valence-electron chi connectivity index (χ4n) is 4.60. The van der Waals surface area contributed by atoms with E-state index in [2.05, 4.69) is 5.32 Å². The van der Waals surface area contributed by atoms with Crippen LogP contribution in [0.3, 0.4) is 0 Å². The molecule has 0 unspecified atom stereocenters. The van der Waals surface area contributed by atoms with Gasteiger partial charge in [0.05, 0.1) is 13.2 Å². The summed E-state index contributed by atoms with van der Waals surface area (Å²) in [5, 5.41) is 12.7. The molecule has 0 spiro atoms. The van der Waals surface area contributed by atoms with Gasteiger partial charge in [-0.05, 0) is 54.8 Å². The number of benzene rings is 3. The Labute approximate surface area is 224 Å². The number of amides is 2. The fourth-order valence-corrected chi connectivity index (χ4v) is 6.43. The number of fused-ring (bicyclic) bond motifs is 1. The van der Waals surface area contributed by atoms with Gasteiger partial charge >= 0.3 is 6.03 Å². The molecule has 0 saturated heterocycles. The molecule has 1 aliphatic heterocycles. The highest BCUT2D eigenvalue weighted by atomic mass is 32.2. The number of ether oxygens (including phenoxy) is 1. The molecule has 0 radical (unpaired) electrons. The molecule has 0 aliphatic carbocycles. The number of aliphatic hydroxyl groups excluding tert-OH is 1. The van der Waals surface area contributed by atoms with Crippen LogP contribution in [0.25, 0.3) is 11.1 Å². The number of nitrogens with zero attached hydrogens (tertiary/aromatic N) is 2. The summed E-state index contributed by atoms with van der Waals surface area (Å²) in [6, 6.07) is 21.2. The molecule has 3 aromatic rings. The molecule has 202 valence electrons. The third-order valence-corrected chi connectivity index (χ3v) is 8.97. The number of aryl methyl sites for hydroxylation is 1. The molecule has 0 bridgehead atoms. The van der Waals surface area contributed by atoms with E-state index in [0.717, 1.165) is 16.7 Å². The van der Waals surface area contributed by atoms with Crippen LogP contribution in [-0.4, -0.2) is 67.7 Å². The third-order valence-electron chi connectivity index (χ3n) is 6.95. The predicted octanol–water partition coefficient (Wildman–Crippen LogP) is 4.59. The number of carbonyl (C=O) groups is 1. The van der Waals surface area contributed by atoms with Crippen molar-refractivity contribution in [2.75, 3.05) is 32.1 Å². The van der Waals surface area contributed by atoms with Crippen molar-refractivity contribution in [3.8, 4) is 16.9 Å². The molecule has 2 N–H and O–H groups in total. The van der Waals surface area contributed by atoms with Gasteiger partial charge in [0, 0.05) is 31.2 Å². The van der Waals surface area contributed by atoms with Crippen molar-refractivity contribution in [2.45, 2.75) is 37.8 Å². The second kappa shape index (κ2) is 11.6. The van der Waals surface area contributed by atoms with Gasteiger partial charge in [-0.2, -0.15) is 4.31 Å². The van der Waals surface area contributed by atoms with Crippen molar-refractivity contribution >= 4 is 21.7 Å². The van der Waals surface area contributed by atoms with Crippen molar-refractivity contribution in [3.05, 3.63) is 78.4 Å². The lowest BCUT2D eigenvalue weighted by molar-refractivity contribution is 0.0830. The normalized spacial score (nSPS) is 19.8. The highest BCUT2D eigenvalue weighted by Crippen LogP contribution is 2.37. The first-order chi connectivity index (χ1) is 18.1. The standard InChI is InChI=1S/C29H35N3O5S/c1-20-10-8-9-13-25(20)23-14-15-28-26(16-23)37-27(21(2)17-32(22(3)19-33)38(28,35)36)18-31(4)29(34)30-24-11-6-5-7-12-24/h5-16,21-22,27,33H,17-19H2,1-4H3,(H,30,34)/t21-,22+,27-/m1/s1. The lowest BCUT2D eigenvalue weighted by atomic mass is 10.00. The summed E-state index contributed by atoms with van der Waals surface area (Å²) < 4.78 is 35.2. The Morgan fingerprint density at radius 3 is 2.50 bits per heavy atom. The van der Waals surface area contributed by atoms with Crippen molar-refractivity contribution in [2.24, 2.45) is 5.92 Å². The maximum atomic E-state index is 13.7. The molecular weight excluding hydrogens is 502 g/mol. The van der Waals surface area contributed by atoms with Gasteiger partial charge in [0.2, 0.25) is 10.0 Å². The largest absolute Gasteiger partial charge is 0.487 e. The summed E-state index contributed by atoms with van der Waals surface area (Å²) in [5.41, 5.74) is 3.54. The number of aliphatic hydroxyl groups is 1. The zero-order chi connectivity index (χ0) is 27.4. The molecule has 8 nitrogen and oxygen atoms in total. The topological polar surface area (TPSA) is 99.2 Å². The summed E-state index contributed by atoms with van der Waals surface area (Å²) in [6.07, 6.45) is -0.503. The Balaban J connectivity index is 1.71. The molecule has 3 aromatic carbocycles. The summed E-state index contributed by atoms with van der Waals surface area (Å²) in [7, 11) is -2.27. The number of sulfonamides is 1. The average Bonchev–Trinajstić information content (AvgIpc) is 2.90. The monoisotopic (exact) mass is 537 g/mol. The summed E-state index contributed by atoms with van der Waals surface area (Å²) >= 11 is 0. The van der Waals surface area contributed by atoms with Gasteiger partial charge in [-0.3, -0.25) is 0 Å². The van der Waals surface area contributed by atoms with Crippen LogP contribution in [0.4, 0.5) is 10.5 Å². The lowest BCUT2D eigenvalue weighted by Gasteiger charge is -2.37. The molecule has 9 heteroatoms. The molecule has 1 heterocycles. The molecule has 0 fully saturated rings. The Hall–Kier alpha value is -3.40. The van der Waals surface area contributed by atoms with Gasteiger partial charge < -0.3 is 20.1 Å². The molecule has 2 amide bonds. The highest BCUT2D eigenvalue weighted by molar-refractivity contribution is 7.89. The minimum atomic E-state index is -3.95. The number of urea groups is 1. The summed E-state index contributed by atoms with van der Waals surface area (Å²) in [4.78, 5) is 14.5. The van der Waals surface area contributed by atoms with E-state index in [-0.39, 0.29) is 42.3 Å². The SMILES string of the molecule is Cc1ccccc1-c1ccc2c(c1)O[C@H](CN(C)C(=O)Nc1ccccc1)[C@H](C)CN([C@@H](C)CO)S2(=O)=O. The maximum absolute atomic E-state index is 13.7. The lowest BCUT2D eigenvalue weighted by Crippen LogP contribution is -2.50. The van der Waals surface area contributed by atoms with Crippen molar-refractivity contribution in [1.29, 1.82) is 0 Å². The van der Waals surface area contributed by atoms with E-state index in [1.165, 1.54) is 9.21 Å². The van der Waals surface area contributed by atoms with Gasteiger partial charge in [-0.25, -0.2) is 13.2 Å². The van der Waals surface area contributed by atoms with Crippen molar-refractivity contribution in [1.82, 2.24) is 9.21 Å². The van der Waals surface area contributed by atoms with Crippen LogP contribution < -0.4 is 10.1 Å². The van der Waals surface area contributed by atoms with Crippen LogP contribution in [0.5, 0.6) is 5.75 Å². The molecule has 4 rings (SSSR count). The van der Waals surface area contributed by atoms with Gasteiger partial charge in [0.25, 0.3) is 0 Å². The molecule has 1 aliphatic rings. The van der Waals surface area contributed by atoms with Gasteiger partial charge in [0.1, 0.15) is 16.7 Å². The number of para-hydroxylation sites is 1. The van der Waals surface area contributed by atoms with E-state index in [4.69, 9.17) is 4.74 Å². The Kier molecular flexibility index (Phi) is 8.40. The van der Waals surface area contributed by atoms with Gasteiger partial charge in [0.15, 0.2) is 0 Å². The minimum absolute atomic E-state index is 0.0448. The van der Waals surface area contributed by atoms with Crippen LogP contribution in [0.1, 0.15) is 19.4 Å². The van der Waals surface area contributed by atoms with Crippen LogP contribution in [0.2, 0.25) is 0 Å². The Morgan fingerprint density at radius 1 is 1.13 bits per heavy atom. The van der Waals surface area contributed by atoms with E-state index in [0.29, 0.717) is 5.69 Å². The fraction of sp³-hybridized carbons (Fsp3) is 0.345. The zero-order valence-electron chi connectivity index (χ0n) is 22.2. The van der Waals surface area contributed by atoms with Crippen molar-refractivity contribution in [3.63, 3.8) is 0 Å². The maximum Gasteiger partial charge on any atom is 0.321 e. The zero-order valence-corrected chi connectivity index (χ0v) is 23.0. The quantitative estimate of drug-likeness (QED) is 0.479. The van der Waals surface area contributed by atoms with E-state index < -0.39 is 22.2 Å². The summed E-state index contributed by atoms with van der Waals surface area (Å²) in [5.74, 6) is -0.0460. The molecular formula is C29H35N3O5S. The Morgan fingerprint density at radius 2 is 1.82 bits per heavy atom. The smallest absolute Gasteiger partial charge is 0.321 e. The summed E-state index contributed by atoms with van der Waals surface area (Å²) in [6.45, 7) is 5.64. The highest BCUT2D eigenvalue weighted by Gasteiger charge is 2.38. The number of hydrogen-bond acceptors (Lipinski definition) is 5. The number of hydrogen-bond donors (Lipinski definition) is 2. The van der Waals surface area contributed by atoms with Gasteiger partial charge in [-0.15, -0.1) is 0 Å². The van der Waals surface area contributed by atoms with Crippen LogP contribution in [0, 0.1) is 12.8 Å². The predicted molar refractivity (Wildman–Crippen MR) is 149 cm³/mol. The Bertz CT molecular complexity index is 1380. The number of rotatable bonds is 6. The third kappa shape index (κ3) is 5.85. The first-order valence-corrected chi connectivity index (χ1v) is 14.1. The molecule has 38 heavy (non-hydrogen) atoms. The van der Waals surface area contributed by atoms with Crippen molar-refractivity contribution < 1.29 is 23.1 Å². The first-order valence-electron chi connectivity index (χ1n) is 12.7. The van der Waals surface area contributed by atoms with E-state index in [9.17, 15) is 18.3 Å². The second-order valence-electron chi connectivity index (χ2n) is 9.89. The van der Waals surface area contributed by atoms with Gasteiger partial charge in [-0.1, -0.05) is 55.5 Å². The minimum Gasteiger partial charge on any atom is -0.487 e. The van der Waals surface area contributed by atoms with Crippen LogP contribution >= 0.6 is 0 Å². The first kappa shape index (κ1) is 27.6. The second-order valence-corrected chi connectivity index (χ2v) is 11.8. The van der Waals surface area contributed by atoms with Crippen LogP contribution in [0.15, 0.2) is 77.7 Å². The number of anilines is 1. The molecule has 0 aromatic heterocycles.